The van der Waals surface area contributed by atoms with Crippen LogP contribution in [0.25, 0.3) is 11.1 Å². The van der Waals surface area contributed by atoms with Crippen molar-refractivity contribution in [2.24, 2.45) is 0 Å². The van der Waals surface area contributed by atoms with Crippen LogP contribution in [-0.4, -0.2) is 41.5 Å². The Kier molecular flexibility index (Phi) is 9.57. The first-order valence-electron chi connectivity index (χ1n) is 14.7. The van der Waals surface area contributed by atoms with Crippen molar-refractivity contribution < 1.29 is 34.0 Å². The molecule has 3 N–H and O–H groups in total. The number of carbonyl (C=O) groups is 1. The highest BCUT2D eigenvalue weighted by Crippen LogP contribution is 2.37. The highest BCUT2D eigenvalue weighted by molar-refractivity contribution is 5.78. The Hall–Kier alpha value is -5.04. The molecule has 232 valence electrons. The van der Waals surface area contributed by atoms with Crippen molar-refractivity contribution in [2.75, 3.05) is 19.8 Å². The zero-order chi connectivity index (χ0) is 32.0. The van der Waals surface area contributed by atoms with E-state index >= 15 is 0 Å². The molecule has 1 aliphatic rings. The number of nitrogens with one attached hydrogen (secondary N) is 1. The quantitative estimate of drug-likeness (QED) is 0.186. The monoisotopic (exact) mass is 608 g/mol. The Morgan fingerprint density at radius 2 is 1.69 bits per heavy atom. The minimum atomic E-state index is -1.53. The predicted molar refractivity (Wildman–Crippen MR) is 169 cm³/mol. The zero-order valence-electron chi connectivity index (χ0n) is 25.6. The van der Waals surface area contributed by atoms with Crippen LogP contribution in [-0.2, 0) is 24.6 Å². The summed E-state index contributed by atoms with van der Waals surface area (Å²) in [5.74, 6) is 1.44. The van der Waals surface area contributed by atoms with Gasteiger partial charge in [-0.2, -0.15) is 5.26 Å². The molecule has 1 atom stereocenters. The van der Waals surface area contributed by atoms with E-state index in [1.54, 1.807) is 24.3 Å². The molecule has 0 fully saturated rings. The maximum atomic E-state index is 11.8. The molecule has 9 heteroatoms. The van der Waals surface area contributed by atoms with Gasteiger partial charge in [-0.1, -0.05) is 36.4 Å². The molecule has 45 heavy (non-hydrogen) atoms. The molecule has 4 aromatic rings. The molecular formula is C36H36N2O7. The van der Waals surface area contributed by atoms with Gasteiger partial charge in [-0.3, -0.25) is 10.1 Å². The van der Waals surface area contributed by atoms with Crippen LogP contribution in [0, 0.1) is 25.2 Å². The smallest absolute Gasteiger partial charge is 0.326 e. The largest absolute Gasteiger partial charge is 0.488 e. The molecule has 0 aromatic heterocycles. The van der Waals surface area contributed by atoms with Crippen LogP contribution in [0.15, 0.2) is 72.8 Å². The lowest BCUT2D eigenvalue weighted by atomic mass is 9.96. The molecular weight excluding hydrogens is 572 g/mol. The molecule has 4 aromatic carbocycles. The summed E-state index contributed by atoms with van der Waals surface area (Å²) in [6.07, 6.45) is 0. The van der Waals surface area contributed by atoms with Crippen LogP contribution in [0.3, 0.4) is 0 Å². The van der Waals surface area contributed by atoms with E-state index in [0.717, 1.165) is 44.9 Å². The number of aryl methyl sites for hydroxylation is 1. The minimum absolute atomic E-state index is 0.134. The Bertz CT molecular complexity index is 1750. The molecule has 0 amide bonds. The van der Waals surface area contributed by atoms with Gasteiger partial charge in [0.05, 0.1) is 18.2 Å². The van der Waals surface area contributed by atoms with Crippen LogP contribution in [0.1, 0.15) is 40.3 Å². The Labute approximate surface area is 262 Å². The van der Waals surface area contributed by atoms with E-state index in [4.69, 9.17) is 18.9 Å². The van der Waals surface area contributed by atoms with E-state index in [9.17, 15) is 20.3 Å². The standard InChI is InChI=1S/C36H36N2O7/c1-23-14-29(19-38-36(3,22-39)35(40)41)33(44-20-26-7-4-6-25(15-26)18-37)17-32(23)45-21-28-8-5-9-30(24(28)2)27-10-11-31-34(16-27)43-13-12-42-31/h4-11,14-17,38-39H,12-13,19-22H2,1-3H3,(H,40,41)/t36-/m0/s1. The minimum Gasteiger partial charge on any atom is -0.488 e. The second-order valence-electron chi connectivity index (χ2n) is 11.2. The number of aliphatic carboxylic acids is 1. The van der Waals surface area contributed by atoms with Crippen LogP contribution < -0.4 is 24.3 Å². The second-order valence-corrected chi connectivity index (χ2v) is 11.2. The summed E-state index contributed by atoms with van der Waals surface area (Å²) in [6.45, 7) is 6.53. The van der Waals surface area contributed by atoms with E-state index in [1.165, 1.54) is 6.92 Å². The third kappa shape index (κ3) is 7.20. The van der Waals surface area contributed by atoms with Crippen molar-refractivity contribution in [3.05, 3.63) is 106 Å². The number of hydrogen-bond acceptors (Lipinski definition) is 8. The summed E-state index contributed by atoms with van der Waals surface area (Å²) in [7, 11) is 0. The molecule has 0 radical (unpaired) electrons. The molecule has 1 heterocycles. The molecule has 5 rings (SSSR count). The number of carboxylic acid groups (broad SMARTS) is 1. The average Bonchev–Trinajstić information content (AvgIpc) is 3.06. The van der Waals surface area contributed by atoms with Crippen molar-refractivity contribution >= 4 is 5.97 Å². The van der Waals surface area contributed by atoms with Crippen molar-refractivity contribution in [2.45, 2.75) is 46.1 Å². The Balaban J connectivity index is 1.39. The molecule has 9 nitrogen and oxygen atoms in total. The van der Waals surface area contributed by atoms with Gasteiger partial charge in [0.1, 0.15) is 43.5 Å². The molecule has 0 unspecified atom stereocenters. The first-order chi connectivity index (χ1) is 21.7. The van der Waals surface area contributed by atoms with Crippen LogP contribution >= 0.6 is 0 Å². The van der Waals surface area contributed by atoms with Crippen molar-refractivity contribution in [3.8, 4) is 40.2 Å². The number of ether oxygens (including phenoxy) is 4. The fourth-order valence-corrected chi connectivity index (χ4v) is 5.06. The molecule has 1 aliphatic heterocycles. The van der Waals surface area contributed by atoms with Gasteiger partial charge in [-0.25, -0.2) is 0 Å². The molecule has 0 aliphatic carbocycles. The molecule has 0 saturated heterocycles. The van der Waals surface area contributed by atoms with Gasteiger partial charge in [0.2, 0.25) is 0 Å². The maximum Gasteiger partial charge on any atom is 0.326 e. The van der Waals surface area contributed by atoms with Crippen molar-refractivity contribution in [3.63, 3.8) is 0 Å². The Morgan fingerprint density at radius 3 is 2.44 bits per heavy atom. The van der Waals surface area contributed by atoms with Crippen molar-refractivity contribution in [1.82, 2.24) is 5.32 Å². The highest BCUT2D eigenvalue weighted by atomic mass is 16.6. The van der Waals surface area contributed by atoms with Crippen LogP contribution in [0.4, 0.5) is 0 Å². The number of nitrogens with zero attached hydrogens (tertiary/aromatic N) is 1. The first kappa shape index (κ1) is 31.4. The number of hydrogen-bond donors (Lipinski definition) is 3. The van der Waals surface area contributed by atoms with Gasteiger partial charge in [0, 0.05) is 18.2 Å². The number of benzene rings is 4. The summed E-state index contributed by atoms with van der Waals surface area (Å²) in [6, 6.07) is 25.0. The zero-order valence-corrected chi connectivity index (χ0v) is 25.6. The van der Waals surface area contributed by atoms with Gasteiger partial charge in [0.25, 0.3) is 0 Å². The molecule has 0 bridgehead atoms. The van der Waals surface area contributed by atoms with Gasteiger partial charge in [-0.05, 0) is 84.5 Å². The van der Waals surface area contributed by atoms with Crippen LogP contribution in [0.5, 0.6) is 23.0 Å². The lowest BCUT2D eigenvalue weighted by Crippen LogP contribution is -2.52. The van der Waals surface area contributed by atoms with Gasteiger partial charge in [0.15, 0.2) is 11.5 Å². The van der Waals surface area contributed by atoms with E-state index in [1.807, 2.05) is 49.4 Å². The fraction of sp³-hybridized carbons (Fsp3) is 0.278. The van der Waals surface area contributed by atoms with E-state index < -0.39 is 18.1 Å². The first-order valence-corrected chi connectivity index (χ1v) is 14.7. The van der Waals surface area contributed by atoms with Crippen molar-refractivity contribution in [1.29, 1.82) is 5.26 Å². The lowest BCUT2D eigenvalue weighted by molar-refractivity contribution is -0.145. The lowest BCUT2D eigenvalue weighted by Gasteiger charge is -2.25. The predicted octanol–water partition coefficient (Wildman–Crippen LogP) is 5.70. The van der Waals surface area contributed by atoms with Gasteiger partial charge >= 0.3 is 5.97 Å². The third-order valence-electron chi connectivity index (χ3n) is 7.95. The van der Waals surface area contributed by atoms with E-state index in [2.05, 4.69) is 24.4 Å². The maximum absolute atomic E-state index is 11.8. The average molecular weight is 609 g/mol. The number of nitriles is 1. The summed E-state index contributed by atoms with van der Waals surface area (Å²) in [5.41, 5.74) is 5.55. The number of aliphatic hydroxyl groups excluding tert-OH is 1. The summed E-state index contributed by atoms with van der Waals surface area (Å²) >= 11 is 0. The number of fused-ring (bicyclic) bond motifs is 1. The fourth-order valence-electron chi connectivity index (χ4n) is 5.06. The van der Waals surface area contributed by atoms with Crippen LogP contribution in [0.2, 0.25) is 0 Å². The summed E-state index contributed by atoms with van der Waals surface area (Å²) in [5, 5.41) is 31.5. The topological polar surface area (TPSA) is 130 Å². The number of carboxylic acids is 1. The number of aliphatic hydroxyl groups is 1. The normalized spacial score (nSPS) is 13.4. The molecule has 0 saturated carbocycles. The van der Waals surface area contributed by atoms with E-state index in [0.29, 0.717) is 42.4 Å². The highest BCUT2D eigenvalue weighted by Gasteiger charge is 2.32. The van der Waals surface area contributed by atoms with Gasteiger partial charge < -0.3 is 29.2 Å². The summed E-state index contributed by atoms with van der Waals surface area (Å²) < 4.78 is 24.0. The number of rotatable bonds is 12. The molecule has 0 spiro atoms. The summed E-state index contributed by atoms with van der Waals surface area (Å²) in [4.78, 5) is 11.8. The van der Waals surface area contributed by atoms with E-state index in [-0.39, 0.29) is 13.2 Å². The SMILES string of the molecule is Cc1cc(CN[C@@](C)(CO)C(=O)O)c(OCc2cccc(C#N)c2)cc1OCc1cccc(-c2ccc3c(c2)OCCO3)c1C. The Morgan fingerprint density at radius 1 is 0.933 bits per heavy atom. The second kappa shape index (κ2) is 13.7. The third-order valence-corrected chi connectivity index (χ3v) is 7.95. The van der Waals surface area contributed by atoms with Gasteiger partial charge in [-0.15, -0.1) is 0 Å².